The number of hydrogen-bond donors (Lipinski definition) is 1. The molecule has 1 unspecified atom stereocenters. The molecular formula is C15H15ClO3S. The van der Waals surface area contributed by atoms with Gasteiger partial charge in [0.2, 0.25) is 0 Å². The summed E-state index contributed by atoms with van der Waals surface area (Å²) in [5.41, 5.74) is 1.65. The van der Waals surface area contributed by atoms with E-state index in [9.17, 15) is 13.5 Å². The van der Waals surface area contributed by atoms with Gasteiger partial charge < -0.3 is 5.11 Å². The van der Waals surface area contributed by atoms with Crippen molar-refractivity contribution in [3.8, 4) is 0 Å². The lowest BCUT2D eigenvalue weighted by atomic mass is 10.0. The summed E-state index contributed by atoms with van der Waals surface area (Å²) in [6.07, 6.45) is 0.937. The quantitative estimate of drug-likeness (QED) is 0.944. The first-order valence-corrected chi connectivity index (χ1v) is 8.36. The lowest BCUT2D eigenvalue weighted by Crippen LogP contribution is -2.03. The van der Waals surface area contributed by atoms with E-state index in [1.807, 2.05) is 12.1 Å². The van der Waals surface area contributed by atoms with Gasteiger partial charge in [0.05, 0.1) is 11.0 Å². The Balaban J connectivity index is 2.13. The van der Waals surface area contributed by atoms with Crippen molar-refractivity contribution in [2.45, 2.75) is 17.4 Å². The van der Waals surface area contributed by atoms with Crippen LogP contribution >= 0.6 is 11.6 Å². The molecule has 0 aromatic heterocycles. The summed E-state index contributed by atoms with van der Waals surface area (Å²) in [6.45, 7) is 0. The number of aliphatic hydroxyl groups is 1. The Kier molecular flexibility index (Phi) is 4.48. The van der Waals surface area contributed by atoms with Crippen molar-refractivity contribution in [2.75, 3.05) is 6.26 Å². The van der Waals surface area contributed by atoms with E-state index >= 15 is 0 Å². The monoisotopic (exact) mass is 310 g/mol. The van der Waals surface area contributed by atoms with Crippen molar-refractivity contribution in [1.29, 1.82) is 0 Å². The largest absolute Gasteiger partial charge is 0.388 e. The molecule has 0 heterocycles. The topological polar surface area (TPSA) is 54.4 Å². The van der Waals surface area contributed by atoms with Crippen LogP contribution in [0.25, 0.3) is 0 Å². The second-order valence-corrected chi connectivity index (χ2v) is 7.14. The van der Waals surface area contributed by atoms with Crippen LogP contribution in [0.2, 0.25) is 5.02 Å². The molecule has 5 heteroatoms. The number of benzene rings is 2. The molecule has 0 radical (unpaired) electrons. The van der Waals surface area contributed by atoms with E-state index in [2.05, 4.69) is 0 Å². The molecule has 0 fully saturated rings. The summed E-state index contributed by atoms with van der Waals surface area (Å²) < 4.78 is 22.7. The van der Waals surface area contributed by atoms with Crippen molar-refractivity contribution in [1.82, 2.24) is 0 Å². The molecule has 1 N–H and O–H groups in total. The predicted octanol–water partition coefficient (Wildman–Crippen LogP) is 3.02. The molecule has 106 valence electrons. The van der Waals surface area contributed by atoms with Crippen LogP contribution in [0.4, 0.5) is 0 Å². The van der Waals surface area contributed by atoms with Crippen LogP contribution < -0.4 is 0 Å². The maximum absolute atomic E-state index is 11.4. The van der Waals surface area contributed by atoms with Gasteiger partial charge in [0.1, 0.15) is 0 Å². The highest BCUT2D eigenvalue weighted by molar-refractivity contribution is 7.90. The summed E-state index contributed by atoms with van der Waals surface area (Å²) in [5.74, 6) is 0. The van der Waals surface area contributed by atoms with E-state index in [0.29, 0.717) is 17.0 Å². The summed E-state index contributed by atoms with van der Waals surface area (Å²) in [5, 5.41) is 10.8. The number of hydrogen-bond acceptors (Lipinski definition) is 3. The zero-order valence-corrected chi connectivity index (χ0v) is 12.5. The van der Waals surface area contributed by atoms with Gasteiger partial charge in [0.15, 0.2) is 9.84 Å². The van der Waals surface area contributed by atoms with E-state index in [-0.39, 0.29) is 4.90 Å². The van der Waals surface area contributed by atoms with E-state index in [0.717, 1.165) is 11.8 Å². The molecular weight excluding hydrogens is 296 g/mol. The minimum Gasteiger partial charge on any atom is -0.388 e. The Morgan fingerprint density at radius 2 is 1.60 bits per heavy atom. The van der Waals surface area contributed by atoms with Crippen LogP contribution in [0.1, 0.15) is 17.2 Å². The van der Waals surface area contributed by atoms with Gasteiger partial charge in [-0.3, -0.25) is 0 Å². The molecule has 0 saturated carbocycles. The lowest BCUT2D eigenvalue weighted by molar-refractivity contribution is 0.178. The second-order valence-electron chi connectivity index (χ2n) is 4.69. The van der Waals surface area contributed by atoms with Crippen LogP contribution in [0, 0.1) is 0 Å². The Morgan fingerprint density at radius 1 is 1.05 bits per heavy atom. The molecule has 0 aliphatic rings. The standard InChI is InChI=1S/C15H15ClO3S/c1-20(18,19)14-8-4-12(5-9-14)15(17)10-11-2-6-13(16)7-3-11/h2-9,15,17H,10H2,1H3. The third-order valence-corrected chi connectivity index (χ3v) is 4.42. The van der Waals surface area contributed by atoms with Crippen LogP contribution in [0.3, 0.4) is 0 Å². The normalized spacial score (nSPS) is 13.2. The first kappa shape index (κ1) is 15.0. The summed E-state index contributed by atoms with van der Waals surface area (Å²) >= 11 is 5.81. The molecule has 0 aliphatic carbocycles. The first-order valence-electron chi connectivity index (χ1n) is 6.09. The Bertz CT molecular complexity index is 676. The third-order valence-electron chi connectivity index (χ3n) is 3.04. The van der Waals surface area contributed by atoms with Gasteiger partial charge in [-0.25, -0.2) is 8.42 Å². The van der Waals surface area contributed by atoms with Crippen LogP contribution in [0.15, 0.2) is 53.4 Å². The molecule has 1 atom stereocenters. The van der Waals surface area contributed by atoms with Gasteiger partial charge in [0, 0.05) is 17.7 Å². The Labute approximate surface area is 123 Å². The number of halogens is 1. The van der Waals surface area contributed by atoms with Crippen molar-refractivity contribution in [2.24, 2.45) is 0 Å². The summed E-state index contributed by atoms with van der Waals surface area (Å²) in [4.78, 5) is 0.250. The van der Waals surface area contributed by atoms with Crippen LogP contribution in [0.5, 0.6) is 0 Å². The average Bonchev–Trinajstić information content (AvgIpc) is 2.40. The summed E-state index contributed by atoms with van der Waals surface area (Å²) in [7, 11) is -3.21. The fourth-order valence-electron chi connectivity index (χ4n) is 1.90. The number of rotatable bonds is 4. The number of aliphatic hydroxyl groups excluding tert-OH is 1. The lowest BCUT2D eigenvalue weighted by Gasteiger charge is -2.11. The molecule has 0 spiro atoms. The highest BCUT2D eigenvalue weighted by Gasteiger charge is 2.11. The SMILES string of the molecule is CS(=O)(=O)c1ccc(C(O)Cc2ccc(Cl)cc2)cc1. The fourth-order valence-corrected chi connectivity index (χ4v) is 2.66. The molecule has 20 heavy (non-hydrogen) atoms. The van der Waals surface area contributed by atoms with E-state index < -0.39 is 15.9 Å². The zero-order valence-electron chi connectivity index (χ0n) is 11.0. The van der Waals surface area contributed by atoms with Crippen LogP contribution in [-0.4, -0.2) is 19.8 Å². The second kappa shape index (κ2) is 5.95. The van der Waals surface area contributed by atoms with Crippen molar-refractivity contribution in [3.63, 3.8) is 0 Å². The van der Waals surface area contributed by atoms with Gasteiger partial charge in [-0.1, -0.05) is 35.9 Å². The predicted molar refractivity (Wildman–Crippen MR) is 79.7 cm³/mol. The Hall–Kier alpha value is -1.36. The smallest absolute Gasteiger partial charge is 0.175 e. The van der Waals surface area contributed by atoms with Crippen LogP contribution in [-0.2, 0) is 16.3 Å². The summed E-state index contributed by atoms with van der Waals surface area (Å²) in [6, 6.07) is 13.6. The fraction of sp³-hybridized carbons (Fsp3) is 0.200. The Morgan fingerprint density at radius 3 is 2.10 bits per heavy atom. The van der Waals surface area contributed by atoms with E-state index in [1.165, 1.54) is 12.1 Å². The van der Waals surface area contributed by atoms with Gasteiger partial charge in [0.25, 0.3) is 0 Å². The van der Waals surface area contributed by atoms with Gasteiger partial charge >= 0.3 is 0 Å². The minimum atomic E-state index is -3.21. The molecule has 2 rings (SSSR count). The molecule has 0 amide bonds. The molecule has 2 aromatic rings. The highest BCUT2D eigenvalue weighted by atomic mass is 35.5. The molecule has 0 bridgehead atoms. The van der Waals surface area contributed by atoms with Gasteiger partial charge in [-0.15, -0.1) is 0 Å². The third kappa shape index (κ3) is 3.82. The molecule has 0 aliphatic heterocycles. The maximum atomic E-state index is 11.4. The molecule has 2 aromatic carbocycles. The minimum absolute atomic E-state index is 0.250. The van der Waals surface area contributed by atoms with Crippen molar-refractivity contribution >= 4 is 21.4 Å². The average molecular weight is 311 g/mol. The zero-order chi connectivity index (χ0) is 14.8. The van der Waals surface area contributed by atoms with Gasteiger partial charge in [-0.2, -0.15) is 0 Å². The van der Waals surface area contributed by atoms with Crippen molar-refractivity contribution in [3.05, 3.63) is 64.7 Å². The van der Waals surface area contributed by atoms with E-state index in [4.69, 9.17) is 11.6 Å². The first-order chi connectivity index (χ1) is 9.36. The number of sulfone groups is 1. The van der Waals surface area contributed by atoms with Crippen molar-refractivity contribution < 1.29 is 13.5 Å². The van der Waals surface area contributed by atoms with Gasteiger partial charge in [-0.05, 0) is 35.4 Å². The highest BCUT2D eigenvalue weighted by Crippen LogP contribution is 2.21. The molecule has 0 saturated heterocycles. The van der Waals surface area contributed by atoms with E-state index in [1.54, 1.807) is 24.3 Å². The maximum Gasteiger partial charge on any atom is 0.175 e. The molecule has 3 nitrogen and oxygen atoms in total.